The standard InChI is InChI=1S/C40H24N6O4/c47-45(48)31-17-11-27(12-18-31)39-37(25-7-3-1-4-8-25)41-33-21-15-29(23-35(33)43-39)30-16-22-34-36(24-30)44-40(28-13-19-32(20-14-28)46(49)50)38(42-34)26-9-5-2-6-10-26/h1-24H. The predicted molar refractivity (Wildman–Crippen MR) is 193 cm³/mol. The van der Waals surface area contributed by atoms with Crippen LogP contribution < -0.4 is 0 Å². The molecule has 0 aliphatic rings. The number of hydrogen-bond acceptors (Lipinski definition) is 8. The Morgan fingerprint density at radius 2 is 0.640 bits per heavy atom. The number of benzene rings is 6. The Balaban J connectivity index is 1.25. The Labute approximate surface area is 284 Å². The minimum Gasteiger partial charge on any atom is -0.258 e. The van der Waals surface area contributed by atoms with E-state index >= 15 is 0 Å². The van der Waals surface area contributed by atoms with Gasteiger partial charge in [-0.25, -0.2) is 19.9 Å². The number of aromatic nitrogens is 4. The van der Waals surface area contributed by atoms with Gasteiger partial charge in [0.05, 0.1) is 54.7 Å². The van der Waals surface area contributed by atoms with Gasteiger partial charge in [-0.3, -0.25) is 20.2 Å². The summed E-state index contributed by atoms with van der Waals surface area (Å²) in [6, 6.07) is 43.9. The van der Waals surface area contributed by atoms with Crippen molar-refractivity contribution in [3.05, 3.63) is 166 Å². The largest absolute Gasteiger partial charge is 0.269 e. The summed E-state index contributed by atoms with van der Waals surface area (Å²) >= 11 is 0. The Morgan fingerprint density at radius 1 is 0.340 bits per heavy atom. The van der Waals surface area contributed by atoms with Crippen LogP contribution >= 0.6 is 0 Å². The highest BCUT2D eigenvalue weighted by atomic mass is 16.6. The molecule has 238 valence electrons. The van der Waals surface area contributed by atoms with Crippen LogP contribution in [-0.4, -0.2) is 29.8 Å². The highest BCUT2D eigenvalue weighted by molar-refractivity contribution is 5.92. The molecule has 0 aliphatic heterocycles. The van der Waals surface area contributed by atoms with Crippen LogP contribution in [0.3, 0.4) is 0 Å². The Kier molecular flexibility index (Phi) is 7.50. The van der Waals surface area contributed by atoms with E-state index in [2.05, 4.69) is 0 Å². The topological polar surface area (TPSA) is 138 Å². The van der Waals surface area contributed by atoms with Crippen LogP contribution in [0.4, 0.5) is 11.4 Å². The van der Waals surface area contributed by atoms with Gasteiger partial charge in [-0.05, 0) is 59.7 Å². The molecule has 0 bridgehead atoms. The van der Waals surface area contributed by atoms with Gasteiger partial charge in [-0.15, -0.1) is 0 Å². The molecule has 0 unspecified atom stereocenters. The van der Waals surface area contributed by atoms with Crippen molar-refractivity contribution in [3.63, 3.8) is 0 Å². The van der Waals surface area contributed by atoms with Gasteiger partial charge in [0.25, 0.3) is 11.4 Å². The van der Waals surface area contributed by atoms with E-state index < -0.39 is 9.85 Å². The van der Waals surface area contributed by atoms with Crippen molar-refractivity contribution in [1.29, 1.82) is 0 Å². The summed E-state index contributed by atoms with van der Waals surface area (Å²) in [7, 11) is 0. The number of nitro groups is 2. The number of rotatable bonds is 7. The number of nitrogens with zero attached hydrogens (tertiary/aromatic N) is 6. The molecule has 8 aromatic rings. The van der Waals surface area contributed by atoms with Gasteiger partial charge in [0.15, 0.2) is 0 Å². The maximum Gasteiger partial charge on any atom is 0.269 e. The first kappa shape index (κ1) is 30.2. The Morgan fingerprint density at radius 3 is 0.980 bits per heavy atom. The average Bonchev–Trinajstić information content (AvgIpc) is 3.17. The molecule has 6 aromatic carbocycles. The lowest BCUT2D eigenvalue weighted by Gasteiger charge is -2.13. The summed E-state index contributed by atoms with van der Waals surface area (Å²) in [5.74, 6) is 0. The van der Waals surface area contributed by atoms with Crippen LogP contribution in [0, 0.1) is 20.2 Å². The van der Waals surface area contributed by atoms with Gasteiger partial charge < -0.3 is 0 Å². The predicted octanol–water partition coefficient (Wildman–Crippen LogP) is 9.72. The van der Waals surface area contributed by atoms with Gasteiger partial charge in [0, 0.05) is 46.5 Å². The van der Waals surface area contributed by atoms with E-state index in [1.807, 2.05) is 97.1 Å². The van der Waals surface area contributed by atoms with Gasteiger partial charge in [0.1, 0.15) is 0 Å². The summed E-state index contributed by atoms with van der Waals surface area (Å²) in [5.41, 5.74) is 10.3. The lowest BCUT2D eigenvalue weighted by atomic mass is 10.0. The molecule has 0 amide bonds. The van der Waals surface area contributed by atoms with Crippen LogP contribution in [-0.2, 0) is 0 Å². The minimum absolute atomic E-state index is 0.00178. The van der Waals surface area contributed by atoms with E-state index in [0.29, 0.717) is 56.0 Å². The smallest absolute Gasteiger partial charge is 0.258 e. The highest BCUT2D eigenvalue weighted by Crippen LogP contribution is 2.35. The quantitative estimate of drug-likeness (QED) is 0.122. The van der Waals surface area contributed by atoms with Crippen molar-refractivity contribution in [1.82, 2.24) is 19.9 Å². The van der Waals surface area contributed by atoms with Crippen LogP contribution in [0.25, 0.3) is 78.2 Å². The number of nitro benzene ring substituents is 2. The van der Waals surface area contributed by atoms with Crippen molar-refractivity contribution in [2.75, 3.05) is 0 Å². The van der Waals surface area contributed by atoms with E-state index in [9.17, 15) is 20.2 Å². The molecule has 0 spiro atoms. The van der Waals surface area contributed by atoms with E-state index in [1.54, 1.807) is 24.3 Å². The molecule has 0 atom stereocenters. The fourth-order valence-electron chi connectivity index (χ4n) is 5.95. The molecule has 10 heteroatoms. The second-order valence-electron chi connectivity index (χ2n) is 11.6. The molecule has 8 rings (SSSR count). The normalized spacial score (nSPS) is 11.1. The van der Waals surface area contributed by atoms with Crippen molar-refractivity contribution >= 4 is 33.4 Å². The molecule has 0 fully saturated rings. The first-order valence-corrected chi connectivity index (χ1v) is 15.7. The molecular weight excluding hydrogens is 628 g/mol. The van der Waals surface area contributed by atoms with Crippen molar-refractivity contribution in [3.8, 4) is 56.2 Å². The summed E-state index contributed by atoms with van der Waals surface area (Å²) in [4.78, 5) is 41.9. The van der Waals surface area contributed by atoms with E-state index in [1.165, 1.54) is 24.3 Å². The maximum atomic E-state index is 11.3. The van der Waals surface area contributed by atoms with Gasteiger partial charge in [0.2, 0.25) is 0 Å². The first-order chi connectivity index (χ1) is 24.4. The van der Waals surface area contributed by atoms with Gasteiger partial charge in [-0.1, -0.05) is 72.8 Å². The second kappa shape index (κ2) is 12.4. The van der Waals surface area contributed by atoms with Crippen molar-refractivity contribution < 1.29 is 9.85 Å². The zero-order valence-electron chi connectivity index (χ0n) is 26.2. The molecule has 0 radical (unpaired) electrons. The van der Waals surface area contributed by atoms with Crippen LogP contribution in [0.2, 0.25) is 0 Å². The third-order valence-corrected chi connectivity index (χ3v) is 8.46. The third kappa shape index (κ3) is 5.67. The minimum atomic E-state index is -0.425. The lowest BCUT2D eigenvalue weighted by molar-refractivity contribution is -0.385. The van der Waals surface area contributed by atoms with E-state index in [0.717, 1.165) is 22.3 Å². The summed E-state index contributed by atoms with van der Waals surface area (Å²) in [5, 5.41) is 22.6. The molecule has 2 heterocycles. The maximum absolute atomic E-state index is 11.3. The summed E-state index contributed by atoms with van der Waals surface area (Å²) in [6.07, 6.45) is 0. The fraction of sp³-hybridized carbons (Fsp3) is 0. The molecule has 0 saturated carbocycles. The van der Waals surface area contributed by atoms with Crippen LogP contribution in [0.1, 0.15) is 0 Å². The van der Waals surface area contributed by atoms with Crippen LogP contribution in [0.15, 0.2) is 146 Å². The monoisotopic (exact) mass is 652 g/mol. The first-order valence-electron chi connectivity index (χ1n) is 15.7. The summed E-state index contributed by atoms with van der Waals surface area (Å²) < 4.78 is 0. The molecule has 0 aliphatic carbocycles. The molecule has 10 nitrogen and oxygen atoms in total. The lowest BCUT2D eigenvalue weighted by Crippen LogP contribution is -1.97. The molecular formula is C40H24N6O4. The highest BCUT2D eigenvalue weighted by Gasteiger charge is 2.18. The number of hydrogen-bond donors (Lipinski definition) is 0. The Hall–Kier alpha value is -7.20. The Bertz CT molecular complexity index is 2400. The third-order valence-electron chi connectivity index (χ3n) is 8.46. The van der Waals surface area contributed by atoms with Crippen LogP contribution in [0.5, 0.6) is 0 Å². The zero-order valence-corrected chi connectivity index (χ0v) is 26.2. The van der Waals surface area contributed by atoms with E-state index in [-0.39, 0.29) is 11.4 Å². The summed E-state index contributed by atoms with van der Waals surface area (Å²) in [6.45, 7) is 0. The molecule has 0 N–H and O–H groups in total. The number of non-ortho nitro benzene ring substituents is 2. The number of fused-ring (bicyclic) bond motifs is 2. The SMILES string of the molecule is O=[N+]([O-])c1ccc(-c2nc3cc(-c4ccc5nc(-c6ccccc6)c(-c6ccc([N+](=O)[O-])cc6)nc5c4)ccc3nc2-c2ccccc2)cc1. The van der Waals surface area contributed by atoms with Gasteiger partial charge in [-0.2, -0.15) is 0 Å². The fourth-order valence-corrected chi connectivity index (χ4v) is 5.95. The van der Waals surface area contributed by atoms with Gasteiger partial charge >= 0.3 is 0 Å². The second-order valence-corrected chi connectivity index (χ2v) is 11.6. The molecule has 0 saturated heterocycles. The van der Waals surface area contributed by atoms with Crippen molar-refractivity contribution in [2.24, 2.45) is 0 Å². The zero-order chi connectivity index (χ0) is 34.2. The molecule has 2 aromatic heterocycles. The van der Waals surface area contributed by atoms with E-state index in [4.69, 9.17) is 19.9 Å². The van der Waals surface area contributed by atoms with Crippen molar-refractivity contribution in [2.45, 2.75) is 0 Å². The molecule has 50 heavy (non-hydrogen) atoms. The average molecular weight is 653 g/mol.